The van der Waals surface area contributed by atoms with Gasteiger partial charge in [-0.25, -0.2) is 0 Å². The van der Waals surface area contributed by atoms with E-state index in [-0.39, 0.29) is 19.0 Å². The highest BCUT2D eigenvalue weighted by atomic mass is 16.5. The van der Waals surface area contributed by atoms with E-state index in [1.165, 1.54) is 7.11 Å². The molecule has 0 fully saturated rings. The largest absolute Gasteiger partial charge is 0.370 e. The van der Waals surface area contributed by atoms with Crippen LogP contribution in [-0.2, 0) is 16.1 Å². The maximum Gasteiger partial charge on any atom is 0.250 e. The van der Waals surface area contributed by atoms with Crippen molar-refractivity contribution >= 4 is 5.91 Å². The lowest BCUT2D eigenvalue weighted by Crippen LogP contribution is -2.40. The van der Waals surface area contributed by atoms with Crippen molar-refractivity contribution in [2.45, 2.75) is 19.6 Å². The number of aryl methyl sites for hydroxylation is 1. The Labute approximate surface area is 87.0 Å². The molecule has 1 rings (SSSR count). The molecule has 1 aromatic heterocycles. The van der Waals surface area contributed by atoms with Gasteiger partial charge in [-0.15, -0.1) is 0 Å². The highest BCUT2D eigenvalue weighted by Gasteiger charge is 2.15. The second-order valence-electron chi connectivity index (χ2n) is 2.91. The quantitative estimate of drug-likeness (QED) is 0.649. The first-order chi connectivity index (χ1) is 7.17. The number of methoxy groups -OCH3 is 1. The zero-order chi connectivity index (χ0) is 11.3. The van der Waals surface area contributed by atoms with Crippen molar-refractivity contribution in [2.75, 3.05) is 13.7 Å². The number of amides is 1. The molecule has 84 valence electrons. The van der Waals surface area contributed by atoms with E-state index in [1.807, 2.05) is 0 Å². The summed E-state index contributed by atoms with van der Waals surface area (Å²) < 4.78 is 9.60. The molecule has 0 aromatic carbocycles. The number of nitrogens with two attached hydrogens (primary N) is 1. The van der Waals surface area contributed by atoms with Crippen molar-refractivity contribution in [1.29, 1.82) is 0 Å². The zero-order valence-corrected chi connectivity index (χ0v) is 8.69. The van der Waals surface area contributed by atoms with E-state index < -0.39 is 6.10 Å². The zero-order valence-electron chi connectivity index (χ0n) is 8.69. The Kier molecular flexibility index (Phi) is 4.19. The van der Waals surface area contributed by atoms with Crippen LogP contribution in [-0.4, -0.2) is 35.8 Å². The fraction of sp³-hybridized carbons (Fsp3) is 0.625. The Bertz CT molecular complexity index is 321. The van der Waals surface area contributed by atoms with Crippen molar-refractivity contribution in [1.82, 2.24) is 15.5 Å². The maximum absolute atomic E-state index is 11.4. The Balaban J connectivity index is 2.40. The molecule has 0 aliphatic heterocycles. The number of aromatic nitrogens is 2. The Morgan fingerprint density at radius 3 is 2.93 bits per heavy atom. The summed E-state index contributed by atoms with van der Waals surface area (Å²) in [6, 6.07) is 0. The monoisotopic (exact) mass is 214 g/mol. The molecule has 0 spiro atoms. The molecule has 15 heavy (non-hydrogen) atoms. The van der Waals surface area contributed by atoms with E-state index in [9.17, 15) is 4.79 Å². The molecule has 1 unspecified atom stereocenters. The number of hydrogen-bond acceptors (Lipinski definition) is 6. The van der Waals surface area contributed by atoms with Gasteiger partial charge in [0.2, 0.25) is 5.89 Å². The fourth-order valence-electron chi connectivity index (χ4n) is 1.00. The first kappa shape index (κ1) is 11.6. The number of carbonyl (C=O) groups excluding carboxylic acids is 1. The second-order valence-corrected chi connectivity index (χ2v) is 2.91. The molecule has 3 N–H and O–H groups in total. The van der Waals surface area contributed by atoms with Crippen molar-refractivity contribution < 1.29 is 14.1 Å². The van der Waals surface area contributed by atoms with Gasteiger partial charge < -0.3 is 20.3 Å². The van der Waals surface area contributed by atoms with Gasteiger partial charge in [-0.1, -0.05) is 5.16 Å². The molecule has 0 saturated carbocycles. The van der Waals surface area contributed by atoms with Crippen LogP contribution in [0.4, 0.5) is 0 Å². The Morgan fingerprint density at radius 2 is 2.47 bits per heavy atom. The maximum atomic E-state index is 11.4. The van der Waals surface area contributed by atoms with Crippen LogP contribution in [0, 0.1) is 6.92 Å². The van der Waals surface area contributed by atoms with E-state index in [2.05, 4.69) is 15.5 Å². The van der Waals surface area contributed by atoms with E-state index in [0.29, 0.717) is 11.7 Å². The van der Waals surface area contributed by atoms with Gasteiger partial charge in [0, 0.05) is 20.6 Å². The van der Waals surface area contributed by atoms with Gasteiger partial charge >= 0.3 is 0 Å². The van der Waals surface area contributed by atoms with Crippen LogP contribution < -0.4 is 11.1 Å². The van der Waals surface area contributed by atoms with Crippen LogP contribution >= 0.6 is 0 Å². The number of nitrogens with one attached hydrogen (secondary N) is 1. The summed E-state index contributed by atoms with van der Waals surface area (Å²) in [5, 5.41) is 6.21. The predicted octanol–water partition coefficient (Wildman–Crippen LogP) is -1.03. The highest BCUT2D eigenvalue weighted by molar-refractivity contribution is 5.80. The van der Waals surface area contributed by atoms with Gasteiger partial charge in [0.15, 0.2) is 5.82 Å². The van der Waals surface area contributed by atoms with E-state index in [4.69, 9.17) is 15.0 Å². The van der Waals surface area contributed by atoms with Crippen molar-refractivity contribution in [2.24, 2.45) is 5.73 Å². The summed E-state index contributed by atoms with van der Waals surface area (Å²) in [6.45, 7) is 2.01. The van der Waals surface area contributed by atoms with Gasteiger partial charge in [0.05, 0.1) is 6.54 Å². The third kappa shape index (κ3) is 3.30. The SMILES string of the molecule is COC(CN)C(=O)NCc1noc(C)n1. The van der Waals surface area contributed by atoms with Crippen LogP contribution in [0.15, 0.2) is 4.52 Å². The van der Waals surface area contributed by atoms with Crippen molar-refractivity contribution in [3.8, 4) is 0 Å². The molecule has 7 nitrogen and oxygen atoms in total. The van der Waals surface area contributed by atoms with E-state index >= 15 is 0 Å². The minimum Gasteiger partial charge on any atom is -0.370 e. The Hall–Kier alpha value is -1.47. The molecule has 0 saturated heterocycles. The first-order valence-electron chi connectivity index (χ1n) is 4.47. The van der Waals surface area contributed by atoms with Gasteiger partial charge in [0.25, 0.3) is 5.91 Å². The number of nitrogens with zero attached hydrogens (tertiary/aromatic N) is 2. The highest BCUT2D eigenvalue weighted by Crippen LogP contribution is 1.95. The molecule has 1 amide bonds. The van der Waals surface area contributed by atoms with Crippen LogP contribution in [0.1, 0.15) is 11.7 Å². The third-order valence-corrected chi connectivity index (χ3v) is 1.78. The van der Waals surface area contributed by atoms with Crippen molar-refractivity contribution in [3.63, 3.8) is 0 Å². The molecule has 1 aromatic rings. The summed E-state index contributed by atoms with van der Waals surface area (Å²) >= 11 is 0. The molecule has 0 aliphatic carbocycles. The summed E-state index contributed by atoms with van der Waals surface area (Å²) in [7, 11) is 1.43. The first-order valence-corrected chi connectivity index (χ1v) is 4.47. The molecule has 0 bridgehead atoms. The van der Waals surface area contributed by atoms with Crippen LogP contribution in [0.2, 0.25) is 0 Å². The fourth-order valence-corrected chi connectivity index (χ4v) is 1.00. The molecule has 1 heterocycles. The summed E-state index contributed by atoms with van der Waals surface area (Å²) in [6.07, 6.45) is -0.641. The van der Waals surface area contributed by atoms with Gasteiger partial charge in [-0.05, 0) is 0 Å². The number of carbonyl (C=O) groups is 1. The average Bonchev–Trinajstić information content (AvgIpc) is 2.63. The lowest BCUT2D eigenvalue weighted by atomic mass is 10.3. The van der Waals surface area contributed by atoms with Gasteiger partial charge in [-0.2, -0.15) is 4.98 Å². The minimum atomic E-state index is -0.641. The molecular formula is C8H14N4O3. The summed E-state index contributed by atoms with van der Waals surface area (Å²) in [5.74, 6) is 0.594. The lowest BCUT2D eigenvalue weighted by Gasteiger charge is -2.11. The normalized spacial score (nSPS) is 12.5. The molecule has 1 atom stereocenters. The summed E-state index contributed by atoms with van der Waals surface area (Å²) in [4.78, 5) is 15.3. The van der Waals surface area contributed by atoms with Gasteiger partial charge in [-0.3, -0.25) is 4.79 Å². The predicted molar refractivity (Wildman–Crippen MR) is 50.7 cm³/mol. The van der Waals surface area contributed by atoms with Crippen LogP contribution in [0.5, 0.6) is 0 Å². The smallest absolute Gasteiger partial charge is 0.250 e. The average molecular weight is 214 g/mol. The third-order valence-electron chi connectivity index (χ3n) is 1.78. The van der Waals surface area contributed by atoms with Gasteiger partial charge in [0.1, 0.15) is 6.10 Å². The number of ether oxygens (including phenoxy) is 1. The molecular weight excluding hydrogens is 200 g/mol. The van der Waals surface area contributed by atoms with Crippen LogP contribution in [0.25, 0.3) is 0 Å². The number of rotatable bonds is 5. The van der Waals surface area contributed by atoms with E-state index in [1.54, 1.807) is 6.92 Å². The minimum absolute atomic E-state index is 0.133. The lowest BCUT2D eigenvalue weighted by molar-refractivity contribution is -0.130. The summed E-state index contributed by atoms with van der Waals surface area (Å²) in [5.41, 5.74) is 5.32. The molecule has 0 radical (unpaired) electrons. The number of hydrogen-bond donors (Lipinski definition) is 2. The Morgan fingerprint density at radius 1 is 1.73 bits per heavy atom. The van der Waals surface area contributed by atoms with E-state index in [0.717, 1.165) is 0 Å². The molecule has 0 aliphatic rings. The standard InChI is InChI=1S/C8H14N4O3/c1-5-11-7(12-15-5)4-10-8(13)6(3-9)14-2/h6H,3-4,9H2,1-2H3,(H,10,13). The van der Waals surface area contributed by atoms with Crippen molar-refractivity contribution in [3.05, 3.63) is 11.7 Å². The molecule has 7 heteroatoms. The topological polar surface area (TPSA) is 103 Å². The second kappa shape index (κ2) is 5.42. The van der Waals surface area contributed by atoms with Crippen LogP contribution in [0.3, 0.4) is 0 Å².